The van der Waals surface area contributed by atoms with E-state index in [4.69, 9.17) is 4.74 Å². The summed E-state index contributed by atoms with van der Waals surface area (Å²) in [6, 6.07) is 13.2. The van der Waals surface area contributed by atoms with Crippen LogP contribution < -0.4 is 10.6 Å². The van der Waals surface area contributed by atoms with Crippen LogP contribution in [0.5, 0.6) is 0 Å². The van der Waals surface area contributed by atoms with Crippen molar-refractivity contribution in [2.45, 2.75) is 32.4 Å². The number of guanidine groups is 1. The molecule has 0 saturated heterocycles. The van der Waals surface area contributed by atoms with Crippen LogP contribution in [0.15, 0.2) is 47.5 Å². The van der Waals surface area contributed by atoms with Crippen molar-refractivity contribution in [3.05, 3.63) is 70.5 Å². The number of nitrogens with zero attached hydrogens (tertiary/aromatic N) is 1. The van der Waals surface area contributed by atoms with Crippen LogP contribution in [0.3, 0.4) is 0 Å². The van der Waals surface area contributed by atoms with E-state index >= 15 is 0 Å². The van der Waals surface area contributed by atoms with Crippen molar-refractivity contribution in [1.82, 2.24) is 10.6 Å². The summed E-state index contributed by atoms with van der Waals surface area (Å²) in [7, 11) is 1.69. The Morgan fingerprint density at radius 3 is 2.61 bits per heavy atom. The second-order valence-electron chi connectivity index (χ2n) is 6.15. The molecule has 2 N–H and O–H groups in total. The van der Waals surface area contributed by atoms with E-state index in [-0.39, 0.29) is 29.8 Å². The van der Waals surface area contributed by atoms with Crippen LogP contribution in [-0.2, 0) is 30.2 Å². The number of nitrogens with one attached hydrogen (secondary N) is 2. The molecule has 0 amide bonds. The molecule has 2 aromatic carbocycles. The van der Waals surface area contributed by atoms with E-state index in [1.165, 1.54) is 6.07 Å². The molecule has 0 atom stereocenters. The van der Waals surface area contributed by atoms with Gasteiger partial charge in [-0.25, -0.2) is 9.38 Å². The van der Waals surface area contributed by atoms with Crippen molar-refractivity contribution in [2.75, 3.05) is 19.9 Å². The third-order valence-corrected chi connectivity index (χ3v) is 4.58. The van der Waals surface area contributed by atoms with Gasteiger partial charge in [0.25, 0.3) is 0 Å². The lowest BCUT2D eigenvalue weighted by Gasteiger charge is -2.14. The van der Waals surface area contributed by atoms with Gasteiger partial charge in [-0.2, -0.15) is 11.8 Å². The quantitative estimate of drug-likeness (QED) is 0.288. The van der Waals surface area contributed by atoms with Crippen molar-refractivity contribution in [2.24, 2.45) is 4.99 Å². The molecule has 2 rings (SSSR count). The van der Waals surface area contributed by atoms with Gasteiger partial charge in [0, 0.05) is 26.0 Å². The van der Waals surface area contributed by atoms with Gasteiger partial charge < -0.3 is 15.4 Å². The number of rotatable bonds is 9. The van der Waals surface area contributed by atoms with Gasteiger partial charge in [-0.1, -0.05) is 30.3 Å². The molecule has 0 aliphatic rings. The molecule has 154 valence electrons. The lowest BCUT2D eigenvalue weighted by atomic mass is 10.1. The average Bonchev–Trinajstić information content (AvgIpc) is 2.66. The van der Waals surface area contributed by atoms with Gasteiger partial charge in [0.1, 0.15) is 5.82 Å². The minimum Gasteiger partial charge on any atom is -0.380 e. The summed E-state index contributed by atoms with van der Waals surface area (Å²) in [5, 5.41) is 6.61. The third-order valence-electron chi connectivity index (χ3n) is 3.98. The van der Waals surface area contributed by atoms with Crippen LogP contribution in [-0.4, -0.2) is 25.9 Å². The Labute approximate surface area is 188 Å². The highest BCUT2D eigenvalue weighted by molar-refractivity contribution is 14.0. The molecule has 0 aliphatic carbocycles. The maximum Gasteiger partial charge on any atom is 0.191 e. The summed E-state index contributed by atoms with van der Waals surface area (Å²) >= 11 is 1.68. The molecule has 0 spiro atoms. The monoisotopic (exact) mass is 517 g/mol. The Kier molecular flexibility index (Phi) is 12.2. The number of thioether (sulfide) groups is 1. The van der Waals surface area contributed by atoms with Crippen LogP contribution in [0, 0.1) is 5.82 Å². The summed E-state index contributed by atoms with van der Waals surface area (Å²) in [5.74, 6) is 1.34. The fourth-order valence-corrected chi connectivity index (χ4v) is 3.31. The predicted molar refractivity (Wildman–Crippen MR) is 128 cm³/mol. The molecule has 0 bridgehead atoms. The number of aliphatic imine (C=N–C) groups is 1. The van der Waals surface area contributed by atoms with Gasteiger partial charge in [0.05, 0.1) is 13.2 Å². The fourth-order valence-electron chi connectivity index (χ4n) is 2.73. The van der Waals surface area contributed by atoms with E-state index in [0.717, 1.165) is 40.5 Å². The molecule has 7 heteroatoms. The van der Waals surface area contributed by atoms with Gasteiger partial charge >= 0.3 is 0 Å². The van der Waals surface area contributed by atoms with Crippen molar-refractivity contribution >= 4 is 41.7 Å². The van der Waals surface area contributed by atoms with E-state index in [9.17, 15) is 4.39 Å². The highest BCUT2D eigenvalue weighted by atomic mass is 127. The first-order valence-electron chi connectivity index (χ1n) is 9.01. The SMILES string of the molecule is CCNC(=NCc1cccc(COC)c1)NCc1ccc(F)cc1CSC.I. The van der Waals surface area contributed by atoms with Crippen LogP contribution in [0.2, 0.25) is 0 Å². The second-order valence-corrected chi connectivity index (χ2v) is 7.01. The third kappa shape index (κ3) is 8.36. The molecule has 0 aromatic heterocycles. The van der Waals surface area contributed by atoms with Crippen molar-refractivity contribution < 1.29 is 9.13 Å². The highest BCUT2D eigenvalue weighted by Gasteiger charge is 2.06. The van der Waals surface area contributed by atoms with Gasteiger partial charge in [-0.15, -0.1) is 24.0 Å². The number of methoxy groups -OCH3 is 1. The standard InChI is InChI=1S/C21H28FN3OS.HI/c1-4-23-21(24-12-16-6-5-7-17(10-16)14-26-2)25-13-18-8-9-20(22)11-19(18)15-27-3;/h5-11H,4,12-15H2,1-3H3,(H2,23,24,25);1H. The Morgan fingerprint density at radius 2 is 1.89 bits per heavy atom. The van der Waals surface area contributed by atoms with Crippen molar-refractivity contribution in [3.8, 4) is 0 Å². The Morgan fingerprint density at radius 1 is 1.11 bits per heavy atom. The first-order valence-corrected chi connectivity index (χ1v) is 10.4. The topological polar surface area (TPSA) is 45.7 Å². The van der Waals surface area contributed by atoms with Crippen LogP contribution >= 0.6 is 35.7 Å². The van der Waals surface area contributed by atoms with E-state index in [1.807, 2.05) is 31.4 Å². The summed E-state index contributed by atoms with van der Waals surface area (Å²) in [4.78, 5) is 4.67. The Balaban J connectivity index is 0.00000392. The molecule has 28 heavy (non-hydrogen) atoms. The predicted octanol–water partition coefficient (Wildman–Crippen LogP) is 4.71. The molecule has 4 nitrogen and oxygen atoms in total. The average molecular weight is 517 g/mol. The molecular weight excluding hydrogens is 488 g/mol. The summed E-state index contributed by atoms with van der Waals surface area (Å²) < 4.78 is 18.7. The van der Waals surface area contributed by atoms with Gasteiger partial charge in [0.2, 0.25) is 0 Å². The maximum atomic E-state index is 13.5. The molecule has 0 heterocycles. The first-order chi connectivity index (χ1) is 13.2. The van der Waals surface area contributed by atoms with Crippen LogP contribution in [0.4, 0.5) is 4.39 Å². The molecule has 0 radical (unpaired) electrons. The minimum atomic E-state index is -0.195. The van der Waals surface area contributed by atoms with Crippen molar-refractivity contribution in [1.29, 1.82) is 0 Å². The number of halogens is 2. The van der Waals surface area contributed by atoms with Gasteiger partial charge in [-0.3, -0.25) is 0 Å². The summed E-state index contributed by atoms with van der Waals surface area (Å²) in [6.45, 7) is 4.59. The van der Waals surface area contributed by atoms with Crippen LogP contribution in [0.25, 0.3) is 0 Å². The number of hydrogen-bond acceptors (Lipinski definition) is 3. The summed E-state index contributed by atoms with van der Waals surface area (Å²) in [5.41, 5.74) is 4.36. The molecule has 0 fully saturated rings. The van der Waals surface area contributed by atoms with E-state index in [1.54, 1.807) is 24.9 Å². The van der Waals surface area contributed by atoms with E-state index in [0.29, 0.717) is 19.7 Å². The lowest BCUT2D eigenvalue weighted by Crippen LogP contribution is -2.37. The zero-order valence-electron chi connectivity index (χ0n) is 16.6. The molecule has 2 aromatic rings. The number of benzene rings is 2. The maximum absolute atomic E-state index is 13.5. The van der Waals surface area contributed by atoms with Gasteiger partial charge in [-0.05, 0) is 47.6 Å². The summed E-state index contributed by atoms with van der Waals surface area (Å²) in [6.07, 6.45) is 2.02. The molecule has 0 unspecified atom stereocenters. The molecule has 0 aliphatic heterocycles. The second kappa shape index (κ2) is 13.8. The minimum absolute atomic E-state index is 0. The Bertz CT molecular complexity index is 758. The van der Waals surface area contributed by atoms with Gasteiger partial charge in [0.15, 0.2) is 5.96 Å². The fraction of sp³-hybridized carbons (Fsp3) is 0.381. The number of ether oxygens (including phenoxy) is 1. The van der Waals surface area contributed by atoms with E-state index < -0.39 is 0 Å². The largest absolute Gasteiger partial charge is 0.380 e. The normalized spacial score (nSPS) is 11.1. The lowest BCUT2D eigenvalue weighted by molar-refractivity contribution is 0.185. The van der Waals surface area contributed by atoms with Crippen molar-refractivity contribution in [3.63, 3.8) is 0 Å². The smallest absolute Gasteiger partial charge is 0.191 e. The number of hydrogen-bond donors (Lipinski definition) is 2. The molecular formula is C21H29FIN3OS. The zero-order valence-corrected chi connectivity index (χ0v) is 19.8. The first kappa shape index (κ1) is 24.7. The van der Waals surface area contributed by atoms with E-state index in [2.05, 4.69) is 27.8 Å². The molecule has 0 saturated carbocycles. The highest BCUT2D eigenvalue weighted by Crippen LogP contribution is 2.16. The Hall–Kier alpha value is -1.32. The van der Waals surface area contributed by atoms with Crippen LogP contribution in [0.1, 0.15) is 29.2 Å². The zero-order chi connectivity index (χ0) is 19.5.